The molecule has 0 aromatic heterocycles. The highest BCUT2D eigenvalue weighted by Crippen LogP contribution is 2.29. The summed E-state index contributed by atoms with van der Waals surface area (Å²) in [4.78, 5) is 40.2. The lowest BCUT2D eigenvalue weighted by molar-refractivity contribution is -0.122. The Morgan fingerprint density at radius 3 is 2.46 bits per heavy atom. The van der Waals surface area contributed by atoms with Crippen LogP contribution in [0, 0.1) is 0 Å². The number of nitrogens with zero attached hydrogens (tertiary/aromatic N) is 2. The number of methoxy groups -OCH3 is 1. The first-order valence-electron chi connectivity index (χ1n) is 7.93. The molecule has 0 spiro atoms. The Morgan fingerprint density at radius 1 is 1.15 bits per heavy atom. The van der Waals surface area contributed by atoms with Crippen molar-refractivity contribution in [3.05, 3.63) is 54.6 Å². The summed E-state index contributed by atoms with van der Waals surface area (Å²) in [5.41, 5.74) is 1.03. The fourth-order valence-corrected chi connectivity index (χ4v) is 2.45. The molecule has 1 N–H and O–H groups in total. The van der Waals surface area contributed by atoms with Crippen LogP contribution in [-0.2, 0) is 14.4 Å². The van der Waals surface area contributed by atoms with E-state index in [9.17, 15) is 14.4 Å². The molecular formula is C19H19N3O4. The average molecular weight is 353 g/mol. The molecule has 2 aromatic carbocycles. The maximum atomic E-state index is 12.7. The van der Waals surface area contributed by atoms with Crippen LogP contribution < -0.4 is 15.0 Å². The summed E-state index contributed by atoms with van der Waals surface area (Å²) in [5, 5.41) is 2.76. The molecule has 2 rings (SSSR count). The van der Waals surface area contributed by atoms with Crippen LogP contribution in [0.1, 0.15) is 6.92 Å². The lowest BCUT2D eigenvalue weighted by atomic mass is 10.1. The minimum Gasteiger partial charge on any atom is -0.495 e. The number of nitrogens with one attached hydrogen (secondary N) is 1. The van der Waals surface area contributed by atoms with Crippen molar-refractivity contribution in [1.82, 2.24) is 0 Å². The van der Waals surface area contributed by atoms with E-state index >= 15 is 0 Å². The third-order valence-corrected chi connectivity index (χ3v) is 3.70. The van der Waals surface area contributed by atoms with Crippen molar-refractivity contribution < 1.29 is 19.1 Å². The van der Waals surface area contributed by atoms with Crippen molar-refractivity contribution in [3.63, 3.8) is 0 Å². The Labute approximate surface area is 151 Å². The van der Waals surface area contributed by atoms with Gasteiger partial charge in [-0.05, 0) is 31.2 Å². The molecule has 1 unspecified atom stereocenters. The van der Waals surface area contributed by atoms with Crippen LogP contribution >= 0.6 is 0 Å². The van der Waals surface area contributed by atoms with Gasteiger partial charge in [0.05, 0.1) is 12.8 Å². The van der Waals surface area contributed by atoms with E-state index < -0.39 is 18.5 Å². The molecule has 0 radical (unpaired) electrons. The fourth-order valence-electron chi connectivity index (χ4n) is 2.45. The number of para-hydroxylation sites is 3. The third-order valence-electron chi connectivity index (χ3n) is 3.70. The summed E-state index contributed by atoms with van der Waals surface area (Å²) in [5.74, 6) is -0.477. The van der Waals surface area contributed by atoms with E-state index in [2.05, 4.69) is 10.3 Å². The number of anilines is 2. The topological polar surface area (TPSA) is 88.1 Å². The molecule has 26 heavy (non-hydrogen) atoms. The first kappa shape index (κ1) is 18.9. The van der Waals surface area contributed by atoms with Gasteiger partial charge < -0.3 is 10.1 Å². The summed E-state index contributed by atoms with van der Waals surface area (Å²) >= 11 is 0. The van der Waals surface area contributed by atoms with E-state index in [1.807, 2.05) is 6.07 Å². The SMILES string of the molecule is COc1ccccc1N(C(=O)CN=C=O)C(C)C(=O)Nc1ccccc1. The molecule has 0 aliphatic heterocycles. The van der Waals surface area contributed by atoms with Gasteiger partial charge in [0.25, 0.3) is 0 Å². The number of amides is 2. The minimum absolute atomic E-state index is 0.384. The molecule has 0 saturated carbocycles. The Kier molecular flexibility index (Phi) is 6.65. The van der Waals surface area contributed by atoms with Gasteiger partial charge in [0.2, 0.25) is 17.9 Å². The summed E-state index contributed by atoms with van der Waals surface area (Å²) in [6.45, 7) is 1.18. The van der Waals surface area contributed by atoms with Crippen LogP contribution in [-0.4, -0.2) is 37.6 Å². The van der Waals surface area contributed by atoms with Crippen LogP contribution in [0.25, 0.3) is 0 Å². The largest absolute Gasteiger partial charge is 0.495 e. The second kappa shape index (κ2) is 9.15. The molecule has 0 saturated heterocycles. The molecule has 7 heteroatoms. The van der Waals surface area contributed by atoms with E-state index in [1.165, 1.54) is 18.1 Å². The molecule has 0 heterocycles. The smallest absolute Gasteiger partial charge is 0.250 e. The van der Waals surface area contributed by atoms with Crippen LogP contribution in [0.15, 0.2) is 59.6 Å². The Balaban J connectivity index is 2.34. The second-order valence-electron chi connectivity index (χ2n) is 5.37. The van der Waals surface area contributed by atoms with Crippen molar-refractivity contribution in [2.24, 2.45) is 4.99 Å². The molecule has 2 aromatic rings. The molecule has 2 amide bonds. The fraction of sp³-hybridized carbons (Fsp3) is 0.211. The number of hydrogen-bond donors (Lipinski definition) is 1. The first-order valence-corrected chi connectivity index (χ1v) is 7.93. The number of hydrogen-bond acceptors (Lipinski definition) is 5. The van der Waals surface area contributed by atoms with Crippen molar-refractivity contribution in [3.8, 4) is 5.75 Å². The number of isocyanates is 1. The molecule has 134 valence electrons. The van der Waals surface area contributed by atoms with Gasteiger partial charge in [0, 0.05) is 5.69 Å². The molecule has 0 aliphatic rings. The van der Waals surface area contributed by atoms with Gasteiger partial charge in [-0.3, -0.25) is 14.5 Å². The Bertz CT molecular complexity index is 817. The monoisotopic (exact) mass is 353 g/mol. The number of carbonyl (C=O) groups is 2. The zero-order valence-electron chi connectivity index (χ0n) is 14.5. The van der Waals surface area contributed by atoms with Gasteiger partial charge in [-0.15, -0.1) is 0 Å². The summed E-state index contributed by atoms with van der Waals surface area (Å²) < 4.78 is 5.30. The molecule has 0 fully saturated rings. The number of benzene rings is 2. The zero-order valence-corrected chi connectivity index (χ0v) is 14.5. The van der Waals surface area contributed by atoms with Crippen LogP contribution in [0.3, 0.4) is 0 Å². The van der Waals surface area contributed by atoms with E-state index in [1.54, 1.807) is 55.5 Å². The highest BCUT2D eigenvalue weighted by Gasteiger charge is 2.29. The van der Waals surface area contributed by atoms with Gasteiger partial charge in [-0.1, -0.05) is 30.3 Å². The van der Waals surface area contributed by atoms with Crippen molar-refractivity contribution >= 4 is 29.3 Å². The summed E-state index contributed by atoms with van der Waals surface area (Å²) in [7, 11) is 1.47. The summed E-state index contributed by atoms with van der Waals surface area (Å²) in [6, 6.07) is 14.9. The molecule has 0 bridgehead atoms. The van der Waals surface area contributed by atoms with Crippen LogP contribution in [0.5, 0.6) is 5.75 Å². The number of ether oxygens (including phenoxy) is 1. The zero-order chi connectivity index (χ0) is 18.9. The third kappa shape index (κ3) is 4.55. The van der Waals surface area contributed by atoms with Crippen LogP contribution in [0.4, 0.5) is 11.4 Å². The molecule has 7 nitrogen and oxygen atoms in total. The predicted octanol–water partition coefficient (Wildman–Crippen LogP) is 2.39. The maximum Gasteiger partial charge on any atom is 0.250 e. The first-order chi connectivity index (χ1) is 12.6. The minimum atomic E-state index is -0.860. The molecular weight excluding hydrogens is 334 g/mol. The van der Waals surface area contributed by atoms with Crippen molar-refractivity contribution in [2.75, 3.05) is 23.9 Å². The number of carbonyl (C=O) groups excluding carboxylic acids is 3. The summed E-state index contributed by atoms with van der Waals surface area (Å²) in [6.07, 6.45) is 1.34. The van der Waals surface area contributed by atoms with Crippen LogP contribution in [0.2, 0.25) is 0 Å². The number of rotatable bonds is 7. The highest BCUT2D eigenvalue weighted by molar-refractivity contribution is 6.06. The number of aliphatic imine (C=N–C) groups is 1. The van der Waals surface area contributed by atoms with Gasteiger partial charge in [-0.2, -0.15) is 4.99 Å². The van der Waals surface area contributed by atoms with Gasteiger partial charge in [0.15, 0.2) is 0 Å². The Morgan fingerprint density at radius 2 is 1.81 bits per heavy atom. The predicted molar refractivity (Wildman–Crippen MR) is 98.0 cm³/mol. The lowest BCUT2D eigenvalue weighted by Crippen LogP contribution is -2.47. The quantitative estimate of drug-likeness (QED) is 0.611. The average Bonchev–Trinajstić information content (AvgIpc) is 2.67. The van der Waals surface area contributed by atoms with Gasteiger partial charge >= 0.3 is 0 Å². The standard InChI is InChI=1S/C19H19N3O4/c1-14(19(25)21-15-8-4-3-5-9-15)22(18(24)12-20-13-23)16-10-6-7-11-17(16)26-2/h3-11,14H,12H2,1-2H3,(H,21,25). The lowest BCUT2D eigenvalue weighted by Gasteiger charge is -2.29. The Hall–Kier alpha value is -3.44. The highest BCUT2D eigenvalue weighted by atomic mass is 16.5. The van der Waals surface area contributed by atoms with Crippen molar-refractivity contribution in [1.29, 1.82) is 0 Å². The second-order valence-corrected chi connectivity index (χ2v) is 5.37. The van der Waals surface area contributed by atoms with Gasteiger partial charge in [0.1, 0.15) is 18.3 Å². The van der Waals surface area contributed by atoms with Crippen molar-refractivity contribution in [2.45, 2.75) is 13.0 Å². The molecule has 1 atom stereocenters. The van der Waals surface area contributed by atoms with E-state index in [0.717, 1.165) is 0 Å². The van der Waals surface area contributed by atoms with E-state index in [4.69, 9.17) is 4.74 Å². The normalized spacial score (nSPS) is 11.0. The maximum absolute atomic E-state index is 12.7. The van der Waals surface area contributed by atoms with E-state index in [-0.39, 0.29) is 5.91 Å². The van der Waals surface area contributed by atoms with Gasteiger partial charge in [-0.25, -0.2) is 4.79 Å². The molecule has 0 aliphatic carbocycles. The van der Waals surface area contributed by atoms with E-state index in [0.29, 0.717) is 17.1 Å².